The maximum Gasteiger partial charge on any atom is 0.314 e. The first-order valence-electron chi connectivity index (χ1n) is 2.98. The molecule has 0 N–H and O–H groups in total. The molecule has 0 bridgehead atoms. The molecule has 0 aromatic rings. The van der Waals surface area contributed by atoms with Crippen molar-refractivity contribution in [1.29, 1.82) is 0 Å². The quantitative estimate of drug-likeness (QED) is 0.259. The van der Waals surface area contributed by atoms with Crippen LogP contribution >= 0.6 is 0 Å². The predicted molar refractivity (Wildman–Crippen MR) is 40.3 cm³/mol. The third-order valence-electron chi connectivity index (χ3n) is 0.678. The third kappa shape index (κ3) is 8.78. The van der Waals surface area contributed by atoms with Gasteiger partial charge >= 0.3 is 10.1 Å². The highest BCUT2D eigenvalue weighted by molar-refractivity contribution is 7.86. The van der Waals surface area contributed by atoms with Gasteiger partial charge in [0.15, 0.2) is 0 Å². The van der Waals surface area contributed by atoms with Crippen molar-refractivity contribution in [1.82, 2.24) is 0 Å². The number of rotatable bonds is 4. The second-order valence-corrected chi connectivity index (χ2v) is 3.36. The second kappa shape index (κ2) is 5.43. The molecule has 0 spiro atoms. The molecule has 0 saturated carbocycles. The van der Waals surface area contributed by atoms with E-state index >= 15 is 0 Å². The summed E-state index contributed by atoms with van der Waals surface area (Å²) in [4.78, 5) is 9.60. The Bertz CT molecular complexity index is 281. The highest BCUT2D eigenvalue weighted by atomic mass is 32.2. The molecule has 0 heterocycles. The maximum absolute atomic E-state index is 10.3. The van der Waals surface area contributed by atoms with Crippen LogP contribution in [0.15, 0.2) is 0 Å². The van der Waals surface area contributed by atoms with Crippen LogP contribution in [0.5, 0.6) is 0 Å². The molecule has 0 saturated heterocycles. The summed E-state index contributed by atoms with van der Waals surface area (Å²) in [5.41, 5.74) is 0. The van der Waals surface area contributed by atoms with Crippen LogP contribution in [0, 0.1) is 12.0 Å². The highest BCUT2D eigenvalue weighted by Gasteiger charge is 1.95. The average Bonchev–Trinajstić information content (AvgIpc) is 1.94. The van der Waals surface area contributed by atoms with E-state index in [9.17, 15) is 13.2 Å². The molecule has 6 heteroatoms. The first kappa shape index (κ1) is 10.8. The summed E-state index contributed by atoms with van der Waals surface area (Å²) in [5, 5.41) is 0. The van der Waals surface area contributed by atoms with Gasteiger partial charge in [-0.15, -0.1) is 0 Å². The molecular weight excluding hydrogens is 184 g/mol. The third-order valence-corrected chi connectivity index (χ3v) is 1.06. The van der Waals surface area contributed by atoms with E-state index in [0.29, 0.717) is 6.47 Å². The van der Waals surface area contributed by atoms with Crippen LogP contribution in [0.4, 0.5) is 0 Å². The number of carbonyl (C=O) groups excluding carboxylic acids is 1. The molecule has 12 heavy (non-hydrogen) atoms. The lowest BCUT2D eigenvalue weighted by molar-refractivity contribution is -0.128. The molecule has 0 radical (unpaired) electrons. The van der Waals surface area contributed by atoms with Crippen LogP contribution in [0.2, 0.25) is 0 Å². The van der Waals surface area contributed by atoms with Gasteiger partial charge in [-0.05, 0) is 0 Å². The summed E-state index contributed by atoms with van der Waals surface area (Å²) in [6.45, 7) is 0.419. The summed E-state index contributed by atoms with van der Waals surface area (Å²) in [7, 11) is -3.50. The lowest BCUT2D eigenvalue weighted by atomic mass is 10.5. The summed E-state index contributed by atoms with van der Waals surface area (Å²) in [6.07, 6.45) is 3.09. The van der Waals surface area contributed by atoms with Gasteiger partial charge < -0.3 is 8.92 Å². The zero-order valence-corrected chi connectivity index (χ0v) is 7.26. The SMILES string of the molecule is CS(=O)(=O)OC#CCCOC=O. The Kier molecular flexibility index (Phi) is 4.88. The van der Waals surface area contributed by atoms with E-state index in [1.165, 1.54) is 0 Å². The summed E-state index contributed by atoms with van der Waals surface area (Å²) < 4.78 is 29.0. The van der Waals surface area contributed by atoms with E-state index in [1.807, 2.05) is 6.11 Å². The molecule has 0 aliphatic heterocycles. The van der Waals surface area contributed by atoms with Gasteiger partial charge in [-0.2, -0.15) is 8.42 Å². The maximum atomic E-state index is 10.3. The fraction of sp³-hybridized carbons (Fsp3) is 0.500. The predicted octanol–water partition coefficient (Wildman–Crippen LogP) is -0.513. The van der Waals surface area contributed by atoms with Crippen molar-refractivity contribution in [3.05, 3.63) is 0 Å². The molecule has 0 rings (SSSR count). The van der Waals surface area contributed by atoms with E-state index in [4.69, 9.17) is 0 Å². The molecule has 0 amide bonds. The van der Waals surface area contributed by atoms with E-state index in [2.05, 4.69) is 14.8 Å². The number of carbonyl (C=O) groups is 1. The molecule has 68 valence electrons. The van der Waals surface area contributed by atoms with Gasteiger partial charge in [0.25, 0.3) is 6.47 Å². The Morgan fingerprint density at radius 1 is 1.50 bits per heavy atom. The fourth-order valence-corrected chi connectivity index (χ4v) is 0.525. The van der Waals surface area contributed by atoms with Gasteiger partial charge in [0.05, 0.1) is 6.26 Å². The van der Waals surface area contributed by atoms with Crippen LogP contribution < -0.4 is 0 Å². The van der Waals surface area contributed by atoms with Crippen LogP contribution in [-0.4, -0.2) is 27.8 Å². The topological polar surface area (TPSA) is 69.7 Å². The lowest BCUT2D eigenvalue weighted by Crippen LogP contribution is -1.96. The molecule has 0 unspecified atom stereocenters. The molecule has 0 aliphatic carbocycles. The second-order valence-electron chi connectivity index (χ2n) is 1.78. The minimum atomic E-state index is -3.50. The molecule has 0 aliphatic rings. The first-order chi connectivity index (χ1) is 5.56. The largest absolute Gasteiger partial charge is 0.467 e. The molecule has 0 aromatic heterocycles. The summed E-state index contributed by atoms with van der Waals surface area (Å²) in [5.74, 6) is 2.34. The fourth-order valence-electron chi connectivity index (χ4n) is 0.314. The van der Waals surface area contributed by atoms with Crippen LogP contribution in [0.3, 0.4) is 0 Å². The lowest BCUT2D eigenvalue weighted by Gasteiger charge is -1.90. The molecule has 0 fully saturated rings. The van der Waals surface area contributed by atoms with Crippen LogP contribution in [-0.2, 0) is 23.8 Å². The summed E-state index contributed by atoms with van der Waals surface area (Å²) in [6, 6.07) is 0. The minimum absolute atomic E-state index is 0.129. The first-order valence-corrected chi connectivity index (χ1v) is 4.79. The molecule has 5 nitrogen and oxygen atoms in total. The smallest absolute Gasteiger partial charge is 0.314 e. The zero-order valence-electron chi connectivity index (χ0n) is 6.44. The Morgan fingerprint density at radius 3 is 2.67 bits per heavy atom. The van der Waals surface area contributed by atoms with Crippen molar-refractivity contribution in [2.75, 3.05) is 12.9 Å². The van der Waals surface area contributed by atoms with Crippen molar-refractivity contribution in [2.24, 2.45) is 0 Å². The van der Waals surface area contributed by atoms with Crippen molar-refractivity contribution >= 4 is 16.6 Å². The van der Waals surface area contributed by atoms with Crippen LogP contribution in [0.25, 0.3) is 0 Å². The Labute approximate surface area is 70.8 Å². The van der Waals surface area contributed by atoms with Crippen molar-refractivity contribution in [3.63, 3.8) is 0 Å². The van der Waals surface area contributed by atoms with E-state index < -0.39 is 10.1 Å². The van der Waals surface area contributed by atoms with E-state index in [1.54, 1.807) is 0 Å². The van der Waals surface area contributed by atoms with Gasteiger partial charge in [0, 0.05) is 6.42 Å². The number of hydrogen-bond acceptors (Lipinski definition) is 5. The standard InChI is InChI=1S/C6H8O5S/c1-12(8,9)11-5-3-2-4-10-6-7/h6H,2,4H2,1H3. The molecule has 0 atom stereocenters. The van der Waals surface area contributed by atoms with Crippen LogP contribution in [0.1, 0.15) is 6.42 Å². The number of ether oxygens (including phenoxy) is 1. The minimum Gasteiger partial charge on any atom is -0.467 e. The molecular formula is C6H8O5S. The van der Waals surface area contributed by atoms with E-state index in [0.717, 1.165) is 6.26 Å². The summed E-state index contributed by atoms with van der Waals surface area (Å²) >= 11 is 0. The van der Waals surface area contributed by atoms with Gasteiger partial charge in [-0.1, -0.05) is 5.92 Å². The van der Waals surface area contributed by atoms with Gasteiger partial charge in [-0.25, -0.2) is 0 Å². The van der Waals surface area contributed by atoms with E-state index in [-0.39, 0.29) is 13.0 Å². The van der Waals surface area contributed by atoms with Gasteiger partial charge in [0.1, 0.15) is 12.7 Å². The average molecular weight is 192 g/mol. The van der Waals surface area contributed by atoms with Crippen molar-refractivity contribution < 1.29 is 22.1 Å². The monoisotopic (exact) mass is 192 g/mol. The van der Waals surface area contributed by atoms with Crippen molar-refractivity contribution in [2.45, 2.75) is 6.42 Å². The number of hydrogen-bond donors (Lipinski definition) is 0. The Balaban J connectivity index is 3.55. The molecule has 0 aromatic carbocycles. The Hall–Kier alpha value is -1.22. The normalized spacial score (nSPS) is 9.42. The highest BCUT2D eigenvalue weighted by Crippen LogP contribution is 1.83. The van der Waals surface area contributed by atoms with Gasteiger partial charge in [-0.3, -0.25) is 4.79 Å². The van der Waals surface area contributed by atoms with Crippen molar-refractivity contribution in [3.8, 4) is 12.0 Å². The zero-order chi connectivity index (χ0) is 9.45. The van der Waals surface area contributed by atoms with Gasteiger partial charge in [0.2, 0.25) is 0 Å². The Morgan fingerprint density at radius 2 is 2.17 bits per heavy atom.